The van der Waals surface area contributed by atoms with Gasteiger partial charge in [0.05, 0.1) is 6.61 Å². The summed E-state index contributed by atoms with van der Waals surface area (Å²) in [6.07, 6.45) is -0.294. The molecule has 0 saturated carbocycles. The number of carboxylic acids is 1. The summed E-state index contributed by atoms with van der Waals surface area (Å²) in [5, 5.41) is 9.55. The van der Waals surface area contributed by atoms with Gasteiger partial charge in [-0.05, 0) is 43.4 Å². The minimum Gasteiger partial charge on any atom is -0.481 e. The molecule has 2 rings (SSSR count). The van der Waals surface area contributed by atoms with E-state index in [4.69, 9.17) is 9.47 Å². The SMILES string of the molecule is COCC1(C(=O)O)CCN(C(=O)C(C)Oc2cc(C)ccc2C(C)C)C1. The molecule has 1 aliphatic heterocycles. The molecule has 0 radical (unpaired) electrons. The number of benzene rings is 1. The van der Waals surface area contributed by atoms with Crippen molar-refractivity contribution in [1.29, 1.82) is 0 Å². The number of hydrogen-bond donors (Lipinski definition) is 1. The third-order valence-electron chi connectivity index (χ3n) is 4.98. The summed E-state index contributed by atoms with van der Waals surface area (Å²) >= 11 is 0. The maximum Gasteiger partial charge on any atom is 0.313 e. The molecule has 1 saturated heterocycles. The first-order valence-electron chi connectivity index (χ1n) is 8.98. The third-order valence-corrected chi connectivity index (χ3v) is 4.98. The van der Waals surface area contributed by atoms with Gasteiger partial charge in [-0.25, -0.2) is 0 Å². The van der Waals surface area contributed by atoms with Crippen molar-refractivity contribution < 1.29 is 24.2 Å². The Labute approximate surface area is 155 Å². The fourth-order valence-electron chi connectivity index (χ4n) is 3.41. The summed E-state index contributed by atoms with van der Waals surface area (Å²) < 4.78 is 11.1. The van der Waals surface area contributed by atoms with Gasteiger partial charge >= 0.3 is 5.97 Å². The van der Waals surface area contributed by atoms with E-state index >= 15 is 0 Å². The van der Waals surface area contributed by atoms with Crippen molar-refractivity contribution in [2.45, 2.75) is 46.1 Å². The summed E-state index contributed by atoms with van der Waals surface area (Å²) in [5.74, 6) is -0.132. The maximum atomic E-state index is 12.8. The van der Waals surface area contributed by atoms with Gasteiger partial charge in [-0.3, -0.25) is 9.59 Å². The van der Waals surface area contributed by atoms with E-state index in [0.717, 1.165) is 11.1 Å². The van der Waals surface area contributed by atoms with E-state index in [9.17, 15) is 14.7 Å². The van der Waals surface area contributed by atoms with E-state index in [1.54, 1.807) is 11.8 Å². The number of amides is 1. The van der Waals surface area contributed by atoms with Crippen LogP contribution in [0.1, 0.15) is 44.2 Å². The molecule has 0 bridgehead atoms. The third kappa shape index (κ3) is 4.18. The number of nitrogens with zero attached hydrogens (tertiary/aromatic N) is 1. The Hall–Kier alpha value is -2.08. The lowest BCUT2D eigenvalue weighted by molar-refractivity contribution is -0.152. The first kappa shape index (κ1) is 20.2. The van der Waals surface area contributed by atoms with Crippen molar-refractivity contribution in [3.05, 3.63) is 29.3 Å². The first-order chi connectivity index (χ1) is 12.2. The summed E-state index contributed by atoms with van der Waals surface area (Å²) in [4.78, 5) is 26.0. The number of carbonyl (C=O) groups is 2. The van der Waals surface area contributed by atoms with Crippen LogP contribution < -0.4 is 4.74 Å². The minimum absolute atomic E-state index is 0.0940. The molecule has 0 aliphatic carbocycles. The van der Waals surface area contributed by atoms with Crippen molar-refractivity contribution in [1.82, 2.24) is 4.90 Å². The van der Waals surface area contributed by atoms with E-state index in [1.165, 1.54) is 7.11 Å². The van der Waals surface area contributed by atoms with Crippen LogP contribution in [0.4, 0.5) is 0 Å². The highest BCUT2D eigenvalue weighted by atomic mass is 16.5. The Morgan fingerprint density at radius 2 is 2.00 bits per heavy atom. The quantitative estimate of drug-likeness (QED) is 0.806. The van der Waals surface area contributed by atoms with Gasteiger partial charge in [0, 0.05) is 20.2 Å². The van der Waals surface area contributed by atoms with E-state index in [-0.39, 0.29) is 25.0 Å². The molecule has 1 heterocycles. The Kier molecular flexibility index (Phi) is 6.29. The molecular formula is C20H29NO5. The lowest BCUT2D eigenvalue weighted by Crippen LogP contribution is -2.43. The molecule has 2 unspecified atom stereocenters. The number of hydrogen-bond acceptors (Lipinski definition) is 4. The zero-order valence-electron chi connectivity index (χ0n) is 16.2. The highest BCUT2D eigenvalue weighted by Crippen LogP contribution is 2.33. The second kappa shape index (κ2) is 8.08. The van der Waals surface area contributed by atoms with Crippen molar-refractivity contribution in [3.63, 3.8) is 0 Å². The zero-order chi connectivity index (χ0) is 19.5. The molecule has 6 nitrogen and oxygen atoms in total. The van der Waals surface area contributed by atoms with E-state index in [2.05, 4.69) is 13.8 Å². The summed E-state index contributed by atoms with van der Waals surface area (Å²) in [5.41, 5.74) is 1.09. The Balaban J connectivity index is 2.12. The molecule has 0 aromatic heterocycles. The largest absolute Gasteiger partial charge is 0.481 e. The molecular weight excluding hydrogens is 334 g/mol. The standard InChI is InChI=1S/C20H29NO5/c1-13(2)16-7-6-14(3)10-17(16)26-15(4)18(22)21-9-8-20(11-21,12-25-5)19(23)24/h6-7,10,13,15H,8-9,11-12H2,1-5H3,(H,23,24). The van der Waals surface area contributed by atoms with Gasteiger partial charge in [0.1, 0.15) is 11.2 Å². The number of carbonyl (C=O) groups excluding carboxylic acids is 1. The van der Waals surface area contributed by atoms with Crippen LogP contribution in [0, 0.1) is 12.3 Å². The van der Waals surface area contributed by atoms with Crippen LogP contribution in [-0.2, 0) is 14.3 Å². The lowest BCUT2D eigenvalue weighted by atomic mass is 9.88. The number of aliphatic carboxylic acids is 1. The van der Waals surface area contributed by atoms with Crippen LogP contribution in [0.5, 0.6) is 5.75 Å². The predicted octanol–water partition coefficient (Wildman–Crippen LogP) is 2.84. The second-order valence-electron chi connectivity index (χ2n) is 7.48. The average Bonchev–Trinajstić information content (AvgIpc) is 2.99. The summed E-state index contributed by atoms with van der Waals surface area (Å²) in [6.45, 7) is 8.49. The van der Waals surface area contributed by atoms with Crippen LogP contribution in [0.2, 0.25) is 0 Å². The number of likely N-dealkylation sites (tertiary alicyclic amines) is 1. The fraction of sp³-hybridized carbons (Fsp3) is 0.600. The van der Waals surface area contributed by atoms with Crippen molar-refractivity contribution in [3.8, 4) is 5.75 Å². The molecule has 26 heavy (non-hydrogen) atoms. The maximum absolute atomic E-state index is 12.8. The van der Waals surface area contributed by atoms with E-state index in [0.29, 0.717) is 18.7 Å². The molecule has 2 atom stereocenters. The van der Waals surface area contributed by atoms with Crippen molar-refractivity contribution in [2.24, 2.45) is 5.41 Å². The number of aryl methyl sites for hydroxylation is 1. The molecule has 144 valence electrons. The van der Waals surface area contributed by atoms with Crippen LogP contribution in [0.15, 0.2) is 18.2 Å². The zero-order valence-corrected chi connectivity index (χ0v) is 16.2. The van der Waals surface area contributed by atoms with Gasteiger partial charge in [-0.2, -0.15) is 0 Å². The van der Waals surface area contributed by atoms with Gasteiger partial charge in [0.15, 0.2) is 6.10 Å². The molecule has 1 aromatic carbocycles. The Bertz CT molecular complexity index is 672. The van der Waals surface area contributed by atoms with E-state index < -0.39 is 17.5 Å². The van der Waals surface area contributed by atoms with Crippen molar-refractivity contribution in [2.75, 3.05) is 26.8 Å². The molecule has 1 N–H and O–H groups in total. The summed E-state index contributed by atoms with van der Waals surface area (Å²) in [6, 6.07) is 5.99. The highest BCUT2D eigenvalue weighted by Gasteiger charge is 2.47. The fourth-order valence-corrected chi connectivity index (χ4v) is 3.41. The topological polar surface area (TPSA) is 76.1 Å². The molecule has 1 fully saturated rings. The average molecular weight is 363 g/mol. The molecule has 0 spiro atoms. The van der Waals surface area contributed by atoms with Gasteiger partial charge in [-0.15, -0.1) is 0 Å². The number of carboxylic acid groups (broad SMARTS) is 1. The molecule has 1 amide bonds. The van der Waals surface area contributed by atoms with Gasteiger partial charge in [0.2, 0.25) is 0 Å². The van der Waals surface area contributed by atoms with E-state index in [1.807, 2.05) is 25.1 Å². The van der Waals surface area contributed by atoms with Crippen molar-refractivity contribution >= 4 is 11.9 Å². The monoisotopic (exact) mass is 363 g/mol. The number of rotatable bonds is 7. The molecule has 1 aliphatic rings. The Morgan fingerprint density at radius 3 is 2.58 bits per heavy atom. The number of ether oxygens (including phenoxy) is 2. The molecule has 1 aromatic rings. The first-order valence-corrected chi connectivity index (χ1v) is 8.98. The molecule has 6 heteroatoms. The normalized spacial score (nSPS) is 21.1. The van der Waals surface area contributed by atoms with Crippen LogP contribution >= 0.6 is 0 Å². The van der Waals surface area contributed by atoms with Crippen LogP contribution in [-0.4, -0.2) is 54.8 Å². The predicted molar refractivity (Wildman–Crippen MR) is 98.5 cm³/mol. The number of methoxy groups -OCH3 is 1. The highest BCUT2D eigenvalue weighted by molar-refractivity contribution is 5.83. The smallest absolute Gasteiger partial charge is 0.313 e. The van der Waals surface area contributed by atoms with Gasteiger partial charge < -0.3 is 19.5 Å². The van der Waals surface area contributed by atoms with Gasteiger partial charge in [0.25, 0.3) is 5.91 Å². The van der Waals surface area contributed by atoms with Gasteiger partial charge in [-0.1, -0.05) is 26.0 Å². The second-order valence-corrected chi connectivity index (χ2v) is 7.48. The van der Waals surface area contributed by atoms with Crippen LogP contribution in [0.3, 0.4) is 0 Å². The minimum atomic E-state index is -1.03. The summed E-state index contributed by atoms with van der Waals surface area (Å²) in [7, 11) is 1.48. The lowest BCUT2D eigenvalue weighted by Gasteiger charge is -2.26. The Morgan fingerprint density at radius 1 is 1.31 bits per heavy atom. The van der Waals surface area contributed by atoms with Crippen LogP contribution in [0.25, 0.3) is 0 Å².